The molecule has 0 spiro atoms. The zero-order valence-corrected chi connectivity index (χ0v) is 17.5. The lowest BCUT2D eigenvalue weighted by atomic mass is 9.82. The van der Waals surface area contributed by atoms with Crippen molar-refractivity contribution in [3.05, 3.63) is 12.2 Å². The molecule has 2 fully saturated rings. The van der Waals surface area contributed by atoms with Gasteiger partial charge in [-0.2, -0.15) is 0 Å². The van der Waals surface area contributed by atoms with E-state index in [4.69, 9.17) is 9.84 Å². The minimum Gasteiger partial charge on any atom is -0.481 e. The SMILES string of the molecule is CCCCCNC(=O)CCC(=O)NC1[C@@H](C/C=C\CCCC(=O)O)[C@@H]2CC[C@H]1O2. The highest BCUT2D eigenvalue weighted by atomic mass is 16.5. The van der Waals surface area contributed by atoms with Gasteiger partial charge in [0, 0.05) is 31.7 Å². The van der Waals surface area contributed by atoms with Crippen LogP contribution in [0.3, 0.4) is 0 Å². The Kier molecular flexibility index (Phi) is 10.2. The topological polar surface area (TPSA) is 105 Å². The number of carboxylic acid groups (broad SMARTS) is 1. The highest BCUT2D eigenvalue weighted by Gasteiger charge is 2.48. The van der Waals surface area contributed by atoms with E-state index in [0.29, 0.717) is 13.0 Å². The Morgan fingerprint density at radius 1 is 1.00 bits per heavy atom. The molecule has 7 nitrogen and oxygen atoms in total. The van der Waals surface area contributed by atoms with Crippen molar-refractivity contribution in [2.45, 2.75) is 95.8 Å². The molecule has 2 aliphatic heterocycles. The predicted molar refractivity (Wildman–Crippen MR) is 110 cm³/mol. The van der Waals surface area contributed by atoms with Gasteiger partial charge in [0.05, 0.1) is 18.2 Å². The average molecular weight is 409 g/mol. The maximum Gasteiger partial charge on any atom is 0.303 e. The minimum absolute atomic E-state index is 0.00228. The van der Waals surface area contributed by atoms with E-state index in [2.05, 4.69) is 23.6 Å². The van der Waals surface area contributed by atoms with Crippen LogP contribution in [0.5, 0.6) is 0 Å². The number of aliphatic carboxylic acids is 1. The number of ether oxygens (including phenoxy) is 1. The van der Waals surface area contributed by atoms with Gasteiger partial charge in [0.1, 0.15) is 0 Å². The number of amides is 2. The third kappa shape index (κ3) is 8.17. The summed E-state index contributed by atoms with van der Waals surface area (Å²) >= 11 is 0. The second kappa shape index (κ2) is 12.6. The second-order valence-corrected chi connectivity index (χ2v) is 8.10. The Balaban J connectivity index is 1.70. The lowest BCUT2D eigenvalue weighted by Crippen LogP contribution is -2.46. The van der Waals surface area contributed by atoms with Crippen molar-refractivity contribution in [3.63, 3.8) is 0 Å². The molecule has 2 bridgehead atoms. The van der Waals surface area contributed by atoms with Crippen molar-refractivity contribution >= 4 is 17.8 Å². The van der Waals surface area contributed by atoms with Gasteiger partial charge in [0.2, 0.25) is 11.8 Å². The van der Waals surface area contributed by atoms with E-state index in [1.54, 1.807) is 0 Å². The average Bonchev–Trinajstić information content (AvgIpc) is 3.28. The van der Waals surface area contributed by atoms with Crippen LogP contribution < -0.4 is 10.6 Å². The highest BCUT2D eigenvalue weighted by Crippen LogP contribution is 2.41. The van der Waals surface area contributed by atoms with Gasteiger partial charge in [0.15, 0.2) is 0 Å². The van der Waals surface area contributed by atoms with Crippen molar-refractivity contribution in [1.29, 1.82) is 0 Å². The largest absolute Gasteiger partial charge is 0.481 e. The van der Waals surface area contributed by atoms with Crippen LogP contribution in [0.4, 0.5) is 0 Å². The molecule has 0 aromatic carbocycles. The van der Waals surface area contributed by atoms with Crippen LogP contribution in [0.1, 0.15) is 77.6 Å². The Bertz CT molecular complexity index is 578. The summed E-state index contributed by atoms with van der Waals surface area (Å²) in [7, 11) is 0. The Labute approximate surface area is 173 Å². The summed E-state index contributed by atoms with van der Waals surface area (Å²) in [6.07, 6.45) is 12.3. The third-order valence-electron chi connectivity index (χ3n) is 5.77. The van der Waals surface area contributed by atoms with Crippen molar-refractivity contribution in [1.82, 2.24) is 10.6 Å². The molecule has 0 aromatic heterocycles. The van der Waals surface area contributed by atoms with E-state index in [1.807, 2.05) is 6.08 Å². The van der Waals surface area contributed by atoms with Gasteiger partial charge in [-0.05, 0) is 38.5 Å². The first-order valence-corrected chi connectivity index (χ1v) is 11.1. The summed E-state index contributed by atoms with van der Waals surface area (Å²) in [4.78, 5) is 34.7. The summed E-state index contributed by atoms with van der Waals surface area (Å²) in [6, 6.07) is -0.00228. The first-order chi connectivity index (χ1) is 14.0. The van der Waals surface area contributed by atoms with Crippen LogP contribution in [0.25, 0.3) is 0 Å². The first-order valence-electron chi connectivity index (χ1n) is 11.1. The number of carbonyl (C=O) groups is 3. The number of nitrogens with one attached hydrogen (secondary N) is 2. The lowest BCUT2D eigenvalue weighted by molar-refractivity contribution is -0.137. The van der Waals surface area contributed by atoms with Gasteiger partial charge in [-0.25, -0.2) is 0 Å². The fourth-order valence-electron chi connectivity index (χ4n) is 4.19. The first kappa shape index (κ1) is 23.4. The Hall–Kier alpha value is -1.89. The maximum absolute atomic E-state index is 12.4. The molecule has 0 saturated carbocycles. The van der Waals surface area contributed by atoms with Crippen molar-refractivity contribution in [2.75, 3.05) is 6.54 Å². The minimum atomic E-state index is -0.766. The monoisotopic (exact) mass is 408 g/mol. The van der Waals surface area contributed by atoms with Gasteiger partial charge in [-0.15, -0.1) is 0 Å². The molecule has 0 radical (unpaired) electrons. The summed E-state index contributed by atoms with van der Waals surface area (Å²) in [6.45, 7) is 2.80. The maximum atomic E-state index is 12.4. The van der Waals surface area contributed by atoms with Crippen LogP contribution in [0, 0.1) is 5.92 Å². The number of hydrogen-bond acceptors (Lipinski definition) is 4. The Morgan fingerprint density at radius 2 is 1.76 bits per heavy atom. The molecule has 3 N–H and O–H groups in total. The van der Waals surface area contributed by atoms with Crippen LogP contribution >= 0.6 is 0 Å². The van der Waals surface area contributed by atoms with E-state index < -0.39 is 5.97 Å². The van der Waals surface area contributed by atoms with Crippen molar-refractivity contribution in [2.24, 2.45) is 5.92 Å². The van der Waals surface area contributed by atoms with E-state index in [0.717, 1.165) is 44.9 Å². The molecule has 1 unspecified atom stereocenters. The van der Waals surface area contributed by atoms with Gasteiger partial charge in [0.25, 0.3) is 0 Å². The molecule has 0 aromatic rings. The van der Waals surface area contributed by atoms with Gasteiger partial charge < -0.3 is 20.5 Å². The normalized spacial score (nSPS) is 25.4. The number of carbonyl (C=O) groups excluding carboxylic acids is 2. The quantitative estimate of drug-likeness (QED) is 0.303. The summed E-state index contributed by atoms with van der Waals surface area (Å²) < 4.78 is 6.00. The smallest absolute Gasteiger partial charge is 0.303 e. The van der Waals surface area contributed by atoms with Gasteiger partial charge in [-0.3, -0.25) is 14.4 Å². The van der Waals surface area contributed by atoms with E-state index >= 15 is 0 Å². The standard InChI is InChI=1S/C22H36N2O5/c1-2-3-8-15-23-19(25)13-14-20(26)24-22-16(17-11-12-18(22)29-17)9-6-4-5-7-10-21(27)28/h4,6,16-18,22H,2-3,5,7-15H2,1H3,(H,23,25)(H,24,26)(H,27,28)/b6-4-/t16-,17-,18+,22?/m0/s1. The molecule has 2 saturated heterocycles. The van der Waals surface area contributed by atoms with Crippen LogP contribution in [0.15, 0.2) is 12.2 Å². The van der Waals surface area contributed by atoms with Gasteiger partial charge in [-0.1, -0.05) is 31.9 Å². The highest BCUT2D eigenvalue weighted by molar-refractivity contribution is 5.83. The molecule has 29 heavy (non-hydrogen) atoms. The summed E-state index contributed by atoms with van der Waals surface area (Å²) in [5, 5.41) is 14.6. The second-order valence-electron chi connectivity index (χ2n) is 8.10. The number of fused-ring (bicyclic) bond motifs is 2. The Morgan fingerprint density at radius 3 is 2.52 bits per heavy atom. The van der Waals surface area contributed by atoms with E-state index in [9.17, 15) is 14.4 Å². The summed E-state index contributed by atoms with van der Waals surface area (Å²) in [5.41, 5.74) is 0. The van der Waals surface area contributed by atoms with Crippen molar-refractivity contribution in [3.8, 4) is 0 Å². The molecule has 2 aliphatic rings. The lowest BCUT2D eigenvalue weighted by Gasteiger charge is -2.28. The zero-order chi connectivity index (χ0) is 21.1. The van der Waals surface area contributed by atoms with Crippen molar-refractivity contribution < 1.29 is 24.2 Å². The number of unbranched alkanes of at least 4 members (excludes halogenated alkanes) is 3. The summed E-state index contributed by atoms with van der Waals surface area (Å²) in [5.74, 6) is -0.680. The number of allylic oxidation sites excluding steroid dienone is 2. The number of rotatable bonds is 14. The molecule has 7 heteroatoms. The number of hydrogen-bond donors (Lipinski definition) is 3. The number of carboxylic acids is 1. The molecule has 164 valence electrons. The molecular formula is C22H36N2O5. The predicted octanol–water partition coefficient (Wildman–Crippen LogP) is 2.94. The third-order valence-corrected chi connectivity index (χ3v) is 5.77. The molecule has 4 atom stereocenters. The van der Waals surface area contributed by atoms with Crippen LogP contribution in [-0.4, -0.2) is 47.7 Å². The molecule has 2 heterocycles. The van der Waals surface area contributed by atoms with Crippen LogP contribution in [0.2, 0.25) is 0 Å². The molecule has 0 aliphatic carbocycles. The molecular weight excluding hydrogens is 372 g/mol. The van der Waals surface area contributed by atoms with E-state index in [1.165, 1.54) is 0 Å². The van der Waals surface area contributed by atoms with Crippen LogP contribution in [-0.2, 0) is 19.1 Å². The zero-order valence-electron chi connectivity index (χ0n) is 17.5. The fourth-order valence-corrected chi connectivity index (χ4v) is 4.19. The molecule has 2 amide bonds. The molecule has 2 rings (SSSR count). The van der Waals surface area contributed by atoms with Gasteiger partial charge >= 0.3 is 5.97 Å². The fraction of sp³-hybridized carbons (Fsp3) is 0.773. The van der Waals surface area contributed by atoms with E-state index in [-0.39, 0.29) is 55.2 Å².